The lowest BCUT2D eigenvalue weighted by Gasteiger charge is -2.32. The van der Waals surface area contributed by atoms with Crippen LogP contribution in [0.15, 0.2) is 48.9 Å². The molecule has 1 saturated heterocycles. The zero-order valence-electron chi connectivity index (χ0n) is 25.8. The number of methoxy groups -OCH3 is 1. The van der Waals surface area contributed by atoms with Crippen molar-refractivity contribution in [1.29, 1.82) is 0 Å². The lowest BCUT2D eigenvalue weighted by atomic mass is 9.98. The van der Waals surface area contributed by atoms with Gasteiger partial charge in [0.2, 0.25) is 17.7 Å². The van der Waals surface area contributed by atoms with E-state index in [1.54, 1.807) is 27.7 Å². The molecule has 1 aliphatic rings. The molecule has 0 spiro atoms. The number of nitrogens with zero attached hydrogens (tertiary/aromatic N) is 3. The van der Waals surface area contributed by atoms with Gasteiger partial charge in [0.15, 0.2) is 0 Å². The van der Waals surface area contributed by atoms with Gasteiger partial charge in [-0.15, -0.1) is 0 Å². The van der Waals surface area contributed by atoms with Crippen molar-refractivity contribution in [2.45, 2.75) is 71.0 Å². The van der Waals surface area contributed by atoms with Crippen LogP contribution in [0.4, 0.5) is 0 Å². The zero-order chi connectivity index (χ0) is 32.2. The minimum Gasteiger partial charge on any atom is -0.382 e. The Morgan fingerprint density at radius 3 is 2.30 bits per heavy atom. The first kappa shape index (κ1) is 34.3. The maximum atomic E-state index is 14.1. The van der Waals surface area contributed by atoms with E-state index in [0.29, 0.717) is 6.29 Å². The van der Waals surface area contributed by atoms with Crippen molar-refractivity contribution in [2.75, 3.05) is 20.3 Å². The second-order valence-electron chi connectivity index (χ2n) is 11.4. The molecule has 1 aromatic carbocycles. The van der Waals surface area contributed by atoms with Crippen LogP contribution in [-0.2, 0) is 35.3 Å². The standard InChI is InChI=1S/C31H42N6O7/c1-19(2)26(35-28(39)24-14-32-11-12-33-24)30(41)36-27(20(3)4)31(42)37-15-23(44-17-21-9-7-6-8-10-21)13-25(37)29(40)34-22(16-38)18-43-5/h6-12,14,16,19-20,22-23,25-27H,13,15,17-18H2,1-5H3,(H,34,40)(H,35,39)(H,36,41)/t22-,23-,25+,26+,27+/m1/s1. The molecule has 0 saturated carbocycles. The predicted octanol–water partition coefficient (Wildman–Crippen LogP) is 0.888. The van der Waals surface area contributed by atoms with Gasteiger partial charge in [-0.25, -0.2) is 4.98 Å². The average molecular weight is 611 g/mol. The van der Waals surface area contributed by atoms with Crippen LogP contribution >= 0.6 is 0 Å². The Morgan fingerprint density at radius 2 is 1.70 bits per heavy atom. The topological polar surface area (TPSA) is 169 Å². The monoisotopic (exact) mass is 610 g/mol. The maximum absolute atomic E-state index is 14.1. The number of aromatic nitrogens is 2. The first-order valence-electron chi connectivity index (χ1n) is 14.6. The number of carbonyl (C=O) groups is 5. The molecule has 4 amide bonds. The Kier molecular flexibility index (Phi) is 12.9. The van der Waals surface area contributed by atoms with E-state index in [4.69, 9.17) is 9.47 Å². The summed E-state index contributed by atoms with van der Waals surface area (Å²) in [7, 11) is 1.41. The third-order valence-corrected chi connectivity index (χ3v) is 7.28. The summed E-state index contributed by atoms with van der Waals surface area (Å²) < 4.78 is 11.1. The van der Waals surface area contributed by atoms with Crippen LogP contribution in [0.3, 0.4) is 0 Å². The van der Waals surface area contributed by atoms with E-state index in [2.05, 4.69) is 25.9 Å². The summed E-state index contributed by atoms with van der Waals surface area (Å²) in [6, 6.07) is 5.70. The molecule has 44 heavy (non-hydrogen) atoms. The molecular weight excluding hydrogens is 568 g/mol. The molecule has 5 atom stereocenters. The van der Waals surface area contributed by atoms with Crippen molar-refractivity contribution in [1.82, 2.24) is 30.8 Å². The Bertz CT molecular complexity index is 1260. The van der Waals surface area contributed by atoms with Gasteiger partial charge in [0.25, 0.3) is 5.91 Å². The maximum Gasteiger partial charge on any atom is 0.272 e. The number of amides is 4. The lowest BCUT2D eigenvalue weighted by molar-refractivity contribution is -0.143. The highest BCUT2D eigenvalue weighted by atomic mass is 16.5. The van der Waals surface area contributed by atoms with Crippen LogP contribution < -0.4 is 16.0 Å². The second-order valence-corrected chi connectivity index (χ2v) is 11.4. The zero-order valence-corrected chi connectivity index (χ0v) is 25.8. The van der Waals surface area contributed by atoms with Crippen molar-refractivity contribution in [3.63, 3.8) is 0 Å². The molecule has 1 aliphatic heterocycles. The van der Waals surface area contributed by atoms with Gasteiger partial charge >= 0.3 is 0 Å². The molecule has 238 valence electrons. The molecule has 13 nitrogen and oxygen atoms in total. The van der Waals surface area contributed by atoms with Crippen LogP contribution in [0, 0.1) is 11.8 Å². The highest BCUT2D eigenvalue weighted by Gasteiger charge is 2.44. The van der Waals surface area contributed by atoms with Gasteiger partial charge in [-0.1, -0.05) is 58.0 Å². The Morgan fingerprint density at radius 1 is 1.00 bits per heavy atom. The molecule has 1 aromatic heterocycles. The number of likely N-dealkylation sites (tertiary alicyclic amines) is 1. The Hall–Kier alpha value is -4.23. The van der Waals surface area contributed by atoms with Gasteiger partial charge in [-0.05, 0) is 17.4 Å². The number of ether oxygens (including phenoxy) is 2. The molecule has 2 heterocycles. The summed E-state index contributed by atoms with van der Waals surface area (Å²) in [5.41, 5.74) is 0.993. The van der Waals surface area contributed by atoms with Crippen LogP contribution in [0.5, 0.6) is 0 Å². The quantitative estimate of drug-likeness (QED) is 0.248. The number of aldehydes is 1. The van der Waals surface area contributed by atoms with E-state index in [0.717, 1.165) is 5.56 Å². The summed E-state index contributed by atoms with van der Waals surface area (Å²) in [4.78, 5) is 74.4. The molecule has 0 aliphatic carbocycles. The summed E-state index contributed by atoms with van der Waals surface area (Å²) in [6.45, 7) is 7.47. The largest absolute Gasteiger partial charge is 0.382 e. The number of rotatable bonds is 15. The van der Waals surface area contributed by atoms with Gasteiger partial charge in [0.05, 0.1) is 25.5 Å². The molecular formula is C31H42N6O7. The highest BCUT2D eigenvalue weighted by Crippen LogP contribution is 2.24. The van der Waals surface area contributed by atoms with Gasteiger partial charge in [-0.2, -0.15) is 0 Å². The summed E-state index contributed by atoms with van der Waals surface area (Å²) in [6.07, 6.45) is 4.41. The van der Waals surface area contributed by atoms with E-state index in [9.17, 15) is 24.0 Å². The van der Waals surface area contributed by atoms with Crippen molar-refractivity contribution >= 4 is 29.9 Å². The van der Waals surface area contributed by atoms with Crippen molar-refractivity contribution in [2.24, 2.45) is 11.8 Å². The molecule has 0 radical (unpaired) electrons. The number of carbonyl (C=O) groups excluding carboxylic acids is 5. The Balaban J connectivity index is 1.79. The van der Waals surface area contributed by atoms with Crippen LogP contribution in [0.1, 0.15) is 50.2 Å². The van der Waals surface area contributed by atoms with Gasteiger partial charge in [-0.3, -0.25) is 24.2 Å². The molecule has 2 aromatic rings. The Labute approximate surface area is 257 Å². The van der Waals surface area contributed by atoms with Crippen molar-refractivity contribution in [3.8, 4) is 0 Å². The number of nitrogens with one attached hydrogen (secondary N) is 3. The molecule has 3 rings (SSSR count). The fourth-order valence-corrected chi connectivity index (χ4v) is 4.87. The van der Waals surface area contributed by atoms with E-state index in [-0.39, 0.29) is 43.7 Å². The lowest BCUT2D eigenvalue weighted by Crippen LogP contribution is -2.59. The van der Waals surface area contributed by atoms with Crippen molar-refractivity contribution in [3.05, 3.63) is 60.2 Å². The minimum atomic E-state index is -1.01. The fourth-order valence-electron chi connectivity index (χ4n) is 4.87. The number of benzene rings is 1. The summed E-state index contributed by atoms with van der Waals surface area (Å²) in [5, 5.41) is 8.13. The highest BCUT2D eigenvalue weighted by molar-refractivity contribution is 5.98. The SMILES string of the molecule is COC[C@@H](C=O)NC(=O)[C@@H]1C[C@@H](OCc2ccccc2)CN1C(=O)[C@@H](NC(=O)[C@@H](NC(=O)c1cnccn1)C(C)C)C(C)C. The van der Waals surface area contributed by atoms with Gasteiger partial charge in [0.1, 0.15) is 36.1 Å². The molecule has 0 unspecified atom stereocenters. The third-order valence-electron chi connectivity index (χ3n) is 7.28. The van der Waals surface area contributed by atoms with Crippen molar-refractivity contribution < 1.29 is 33.4 Å². The summed E-state index contributed by atoms with van der Waals surface area (Å²) in [5.74, 6) is -2.81. The average Bonchev–Trinajstić information content (AvgIpc) is 3.46. The van der Waals surface area contributed by atoms with Crippen LogP contribution in [0.2, 0.25) is 0 Å². The minimum absolute atomic E-state index is 0.0224. The van der Waals surface area contributed by atoms with Crippen LogP contribution in [0.25, 0.3) is 0 Å². The fraction of sp³-hybridized carbons (Fsp3) is 0.516. The number of hydrogen-bond donors (Lipinski definition) is 3. The first-order valence-corrected chi connectivity index (χ1v) is 14.6. The first-order chi connectivity index (χ1) is 21.0. The van der Waals surface area contributed by atoms with Gasteiger partial charge in [0, 0.05) is 32.5 Å². The third kappa shape index (κ3) is 9.38. The van der Waals surface area contributed by atoms with E-state index in [1.807, 2.05) is 30.3 Å². The van der Waals surface area contributed by atoms with E-state index in [1.165, 1.54) is 30.6 Å². The molecule has 1 fully saturated rings. The predicted molar refractivity (Wildman–Crippen MR) is 160 cm³/mol. The molecule has 3 N–H and O–H groups in total. The van der Waals surface area contributed by atoms with Gasteiger partial charge < -0.3 is 35.1 Å². The normalized spacial score (nSPS) is 18.4. The van der Waals surface area contributed by atoms with Crippen LogP contribution in [-0.4, -0.2) is 95.3 Å². The number of hydrogen-bond acceptors (Lipinski definition) is 9. The van der Waals surface area contributed by atoms with E-state index >= 15 is 0 Å². The second kappa shape index (κ2) is 16.6. The molecule has 13 heteroatoms. The smallest absolute Gasteiger partial charge is 0.272 e. The van der Waals surface area contributed by atoms with E-state index < -0.39 is 53.9 Å². The molecule has 0 bridgehead atoms. The summed E-state index contributed by atoms with van der Waals surface area (Å²) >= 11 is 0.